The molecule has 0 aromatic heterocycles. The zero-order valence-corrected chi connectivity index (χ0v) is 11.7. The first-order valence-corrected chi connectivity index (χ1v) is 5.84. The molecule has 0 saturated carbocycles. The van der Waals surface area contributed by atoms with Crippen molar-refractivity contribution >= 4 is 11.8 Å². The fourth-order valence-electron chi connectivity index (χ4n) is 2.05. The van der Waals surface area contributed by atoms with Crippen LogP contribution in [-0.4, -0.2) is 49.5 Å². The number of nitrogens with zero attached hydrogens (tertiary/aromatic N) is 2. The van der Waals surface area contributed by atoms with Gasteiger partial charge in [-0.25, -0.2) is 9.48 Å². The number of hydrogen-bond acceptors (Lipinski definition) is 2. The van der Waals surface area contributed by atoms with Gasteiger partial charge in [-0.1, -0.05) is 13.8 Å². The molecule has 0 radical (unpaired) electrons. The van der Waals surface area contributed by atoms with E-state index >= 15 is 0 Å². The number of allylic oxidation sites excluding steroid dienone is 2. The highest BCUT2D eigenvalue weighted by molar-refractivity contribution is 5.91. The monoisotopic (exact) mass is 239 g/mol. The number of carbonyl (C=O) groups is 1. The van der Waals surface area contributed by atoms with Crippen LogP contribution in [0.3, 0.4) is 0 Å². The average Bonchev–Trinajstić information content (AvgIpc) is 2.09. The fourth-order valence-corrected chi connectivity index (χ4v) is 2.05. The molecule has 1 rings (SSSR count). The molecule has 0 bridgehead atoms. The summed E-state index contributed by atoms with van der Waals surface area (Å²) in [6.07, 6.45) is 3.02. The second-order valence-electron chi connectivity index (χ2n) is 5.77. The highest BCUT2D eigenvalue weighted by atomic mass is 16.5. The Morgan fingerprint density at radius 3 is 2.35 bits per heavy atom. The van der Waals surface area contributed by atoms with E-state index in [1.54, 1.807) is 6.08 Å². The Balaban J connectivity index is 2.89. The van der Waals surface area contributed by atoms with Gasteiger partial charge in [-0.15, -0.1) is 0 Å². The van der Waals surface area contributed by atoms with Gasteiger partial charge in [-0.2, -0.15) is 0 Å². The van der Waals surface area contributed by atoms with Crippen molar-refractivity contribution in [2.24, 2.45) is 5.41 Å². The molecule has 4 nitrogen and oxygen atoms in total. The Morgan fingerprint density at radius 2 is 1.94 bits per heavy atom. The van der Waals surface area contributed by atoms with Gasteiger partial charge in [0.25, 0.3) is 0 Å². The highest BCUT2D eigenvalue weighted by Gasteiger charge is 2.30. The second kappa shape index (κ2) is 4.90. The SMILES string of the molecule is CN(C)C(OC1=CC(=O)CC(C)(C)C1)=[N+](C)C. The topological polar surface area (TPSA) is 32.5 Å². The van der Waals surface area contributed by atoms with Gasteiger partial charge in [-0.3, -0.25) is 4.79 Å². The van der Waals surface area contributed by atoms with Crippen LogP contribution in [-0.2, 0) is 9.53 Å². The molecule has 4 heteroatoms. The van der Waals surface area contributed by atoms with E-state index in [9.17, 15) is 4.79 Å². The van der Waals surface area contributed by atoms with E-state index in [4.69, 9.17) is 4.74 Å². The van der Waals surface area contributed by atoms with Crippen molar-refractivity contribution in [3.05, 3.63) is 11.8 Å². The van der Waals surface area contributed by atoms with E-state index in [2.05, 4.69) is 13.8 Å². The Kier molecular flexibility index (Phi) is 3.96. The summed E-state index contributed by atoms with van der Waals surface area (Å²) in [5, 5.41) is 0. The predicted molar refractivity (Wildman–Crippen MR) is 68.0 cm³/mol. The minimum atomic E-state index is -0.00903. The lowest BCUT2D eigenvalue weighted by molar-refractivity contribution is -0.479. The zero-order valence-electron chi connectivity index (χ0n) is 11.7. The fraction of sp³-hybridized carbons (Fsp3) is 0.692. The van der Waals surface area contributed by atoms with E-state index in [1.165, 1.54) is 0 Å². The number of ether oxygens (including phenoxy) is 1. The number of carbonyl (C=O) groups excluding carboxylic acids is 1. The minimum Gasteiger partial charge on any atom is -0.397 e. The highest BCUT2D eigenvalue weighted by Crippen LogP contribution is 2.34. The summed E-state index contributed by atoms with van der Waals surface area (Å²) in [4.78, 5) is 13.5. The van der Waals surface area contributed by atoms with Crippen LogP contribution in [0.15, 0.2) is 11.8 Å². The molecule has 1 aliphatic carbocycles. The van der Waals surface area contributed by atoms with Crippen LogP contribution in [0.4, 0.5) is 0 Å². The van der Waals surface area contributed by atoms with E-state index in [1.807, 2.05) is 37.7 Å². The molecular formula is C13H23N2O2+. The van der Waals surface area contributed by atoms with Crippen molar-refractivity contribution in [3.63, 3.8) is 0 Å². The predicted octanol–water partition coefficient (Wildman–Crippen LogP) is 1.47. The lowest BCUT2D eigenvalue weighted by atomic mass is 9.79. The van der Waals surface area contributed by atoms with Crippen LogP contribution in [0.25, 0.3) is 0 Å². The van der Waals surface area contributed by atoms with Crippen molar-refractivity contribution in [2.75, 3.05) is 28.2 Å². The van der Waals surface area contributed by atoms with Gasteiger partial charge >= 0.3 is 6.02 Å². The average molecular weight is 239 g/mol. The molecule has 0 heterocycles. The van der Waals surface area contributed by atoms with Gasteiger partial charge < -0.3 is 4.74 Å². The Morgan fingerprint density at radius 1 is 1.35 bits per heavy atom. The molecule has 17 heavy (non-hydrogen) atoms. The minimum absolute atomic E-state index is 0.00903. The van der Waals surface area contributed by atoms with Crippen molar-refractivity contribution in [1.82, 2.24) is 4.90 Å². The molecule has 0 spiro atoms. The van der Waals surface area contributed by atoms with Crippen LogP contribution in [0, 0.1) is 5.41 Å². The molecule has 0 aromatic rings. The standard InChI is InChI=1S/C13H23N2O2/c1-13(2)8-10(16)7-11(9-13)17-12(14(3)4)15(5)6/h7H,8-9H2,1-6H3/q+1. The lowest BCUT2D eigenvalue weighted by Crippen LogP contribution is -2.33. The molecule has 0 unspecified atom stereocenters. The summed E-state index contributed by atoms with van der Waals surface area (Å²) in [6.45, 7) is 4.18. The molecule has 0 aliphatic heterocycles. The quantitative estimate of drug-likeness (QED) is 0.394. The number of amidine groups is 1. The van der Waals surface area contributed by atoms with Crippen LogP contribution in [0.2, 0.25) is 0 Å². The molecule has 0 aromatic carbocycles. The van der Waals surface area contributed by atoms with Gasteiger partial charge in [-0.05, 0) is 5.41 Å². The Hall–Kier alpha value is -1.32. The summed E-state index contributed by atoms with van der Waals surface area (Å²) < 4.78 is 7.72. The molecule has 0 amide bonds. The van der Waals surface area contributed by atoms with Gasteiger partial charge in [0.2, 0.25) is 0 Å². The third-order valence-corrected chi connectivity index (χ3v) is 2.62. The third kappa shape index (κ3) is 3.88. The van der Waals surface area contributed by atoms with Gasteiger partial charge in [0.05, 0.1) is 28.2 Å². The smallest absolute Gasteiger partial charge is 0.397 e. The number of rotatable bonds is 1. The normalized spacial score (nSPS) is 18.5. The Bertz CT molecular complexity index is 375. The summed E-state index contributed by atoms with van der Waals surface area (Å²) >= 11 is 0. The molecule has 0 atom stereocenters. The van der Waals surface area contributed by atoms with Gasteiger partial charge in [0.15, 0.2) is 5.78 Å². The summed E-state index contributed by atoms with van der Waals surface area (Å²) in [6, 6.07) is 0.738. The number of ketones is 1. The van der Waals surface area contributed by atoms with E-state index < -0.39 is 0 Å². The largest absolute Gasteiger partial charge is 0.450 e. The van der Waals surface area contributed by atoms with Gasteiger partial charge in [0.1, 0.15) is 5.76 Å². The molecular weight excluding hydrogens is 216 g/mol. The first-order chi connectivity index (χ1) is 7.71. The van der Waals surface area contributed by atoms with Crippen LogP contribution in [0.5, 0.6) is 0 Å². The maximum atomic E-state index is 11.6. The summed E-state index contributed by atoms with van der Waals surface area (Å²) in [5.41, 5.74) is -0.00903. The maximum absolute atomic E-state index is 11.6. The van der Waals surface area contributed by atoms with Gasteiger partial charge in [0, 0.05) is 18.9 Å². The molecule has 1 aliphatic rings. The molecule has 0 fully saturated rings. The van der Waals surface area contributed by atoms with E-state index in [-0.39, 0.29) is 11.2 Å². The van der Waals surface area contributed by atoms with Crippen molar-refractivity contribution in [1.29, 1.82) is 0 Å². The Labute approximate surface area is 104 Å². The van der Waals surface area contributed by atoms with Crippen LogP contribution in [0.1, 0.15) is 26.7 Å². The summed E-state index contributed by atoms with van der Waals surface area (Å²) in [7, 11) is 7.69. The lowest BCUT2D eigenvalue weighted by Gasteiger charge is -2.28. The maximum Gasteiger partial charge on any atom is 0.450 e. The van der Waals surface area contributed by atoms with Crippen LogP contribution < -0.4 is 0 Å². The first kappa shape index (κ1) is 13.7. The van der Waals surface area contributed by atoms with Crippen LogP contribution >= 0.6 is 0 Å². The molecule has 96 valence electrons. The third-order valence-electron chi connectivity index (χ3n) is 2.62. The van der Waals surface area contributed by atoms with Crippen molar-refractivity contribution in [3.8, 4) is 0 Å². The van der Waals surface area contributed by atoms with Crippen molar-refractivity contribution < 1.29 is 14.1 Å². The zero-order chi connectivity index (χ0) is 13.2. The number of hydrogen-bond donors (Lipinski definition) is 0. The molecule has 0 N–H and O–H groups in total. The van der Waals surface area contributed by atoms with E-state index in [0.717, 1.165) is 18.2 Å². The van der Waals surface area contributed by atoms with Crippen molar-refractivity contribution in [2.45, 2.75) is 26.7 Å². The second-order valence-corrected chi connectivity index (χ2v) is 5.77. The first-order valence-electron chi connectivity index (χ1n) is 5.84. The molecule has 0 saturated heterocycles. The van der Waals surface area contributed by atoms with E-state index in [0.29, 0.717) is 6.42 Å². The summed E-state index contributed by atoms with van der Waals surface area (Å²) in [5.74, 6) is 0.900.